The van der Waals surface area contributed by atoms with Crippen LogP contribution in [-0.4, -0.2) is 48.4 Å². The zero-order valence-corrected chi connectivity index (χ0v) is 13.1. The van der Waals surface area contributed by atoms with Crippen molar-refractivity contribution in [3.05, 3.63) is 28.2 Å². The predicted octanol–water partition coefficient (Wildman–Crippen LogP) is 2.20. The summed E-state index contributed by atoms with van der Waals surface area (Å²) in [5, 5.41) is 0. The Morgan fingerprint density at radius 2 is 1.95 bits per heavy atom. The van der Waals surface area contributed by atoms with Crippen LogP contribution in [0.2, 0.25) is 0 Å². The van der Waals surface area contributed by atoms with Gasteiger partial charge in [0, 0.05) is 48.4 Å². The van der Waals surface area contributed by atoms with Crippen LogP contribution in [0.3, 0.4) is 0 Å². The van der Waals surface area contributed by atoms with Gasteiger partial charge in [-0.25, -0.2) is 0 Å². The van der Waals surface area contributed by atoms with Crippen LogP contribution < -0.4 is 5.73 Å². The molecule has 0 aromatic heterocycles. The topological polar surface area (TPSA) is 49.6 Å². The molecule has 1 aromatic rings. The Bertz CT molecular complexity index is 508. The summed E-state index contributed by atoms with van der Waals surface area (Å²) in [7, 11) is 0. The zero-order chi connectivity index (χ0) is 14.1. The molecule has 108 valence electrons. The number of anilines is 1. The molecule has 0 atom stereocenters. The molecule has 3 rings (SSSR count). The van der Waals surface area contributed by atoms with Gasteiger partial charge in [0.15, 0.2) is 0 Å². The van der Waals surface area contributed by atoms with Crippen LogP contribution >= 0.6 is 15.9 Å². The summed E-state index contributed by atoms with van der Waals surface area (Å²) >= 11 is 3.38. The van der Waals surface area contributed by atoms with Crippen molar-refractivity contribution in [3.8, 4) is 0 Å². The van der Waals surface area contributed by atoms with Gasteiger partial charge in [-0.3, -0.25) is 9.69 Å². The molecule has 0 spiro atoms. The lowest BCUT2D eigenvalue weighted by atomic mass is 10.1. The molecule has 0 unspecified atom stereocenters. The molecule has 1 amide bonds. The SMILES string of the molecule is Nc1ccc(C(=O)N2CCN(CC3CC3)CC2)cc1Br. The fourth-order valence-electron chi connectivity index (χ4n) is 2.64. The highest BCUT2D eigenvalue weighted by atomic mass is 79.9. The van der Waals surface area contributed by atoms with E-state index < -0.39 is 0 Å². The first-order valence-corrected chi connectivity index (χ1v) is 7.99. The molecule has 1 aliphatic carbocycles. The van der Waals surface area contributed by atoms with E-state index in [9.17, 15) is 4.79 Å². The van der Waals surface area contributed by atoms with Gasteiger partial charge in [0.05, 0.1) is 0 Å². The molecule has 2 aliphatic rings. The van der Waals surface area contributed by atoms with Gasteiger partial charge in [-0.15, -0.1) is 0 Å². The van der Waals surface area contributed by atoms with E-state index in [-0.39, 0.29) is 5.91 Å². The third kappa shape index (κ3) is 3.15. The number of piperazine rings is 1. The van der Waals surface area contributed by atoms with E-state index in [0.29, 0.717) is 11.3 Å². The summed E-state index contributed by atoms with van der Waals surface area (Å²) in [5.41, 5.74) is 7.13. The number of carbonyl (C=O) groups excluding carboxylic acids is 1. The maximum Gasteiger partial charge on any atom is 0.253 e. The maximum atomic E-state index is 12.5. The Morgan fingerprint density at radius 1 is 1.25 bits per heavy atom. The average Bonchev–Trinajstić information content (AvgIpc) is 3.26. The van der Waals surface area contributed by atoms with E-state index in [1.807, 2.05) is 11.0 Å². The normalized spacial score (nSPS) is 20.1. The Hall–Kier alpha value is -1.07. The Kier molecular flexibility index (Phi) is 3.98. The molecular formula is C15H20BrN3O. The molecule has 1 heterocycles. The fourth-order valence-corrected chi connectivity index (χ4v) is 3.02. The van der Waals surface area contributed by atoms with Crippen LogP contribution in [0, 0.1) is 5.92 Å². The minimum absolute atomic E-state index is 0.108. The highest BCUT2D eigenvalue weighted by Gasteiger charge is 2.27. The summed E-state index contributed by atoms with van der Waals surface area (Å²) in [5.74, 6) is 1.03. The lowest BCUT2D eigenvalue weighted by molar-refractivity contribution is 0.0632. The van der Waals surface area contributed by atoms with Crippen molar-refractivity contribution in [2.24, 2.45) is 5.92 Å². The number of benzene rings is 1. The molecule has 5 heteroatoms. The first kappa shape index (κ1) is 13.9. The van der Waals surface area contributed by atoms with Crippen LogP contribution in [0.4, 0.5) is 5.69 Å². The summed E-state index contributed by atoms with van der Waals surface area (Å²) in [6.07, 6.45) is 2.78. The number of amides is 1. The Morgan fingerprint density at radius 3 is 2.55 bits per heavy atom. The summed E-state index contributed by atoms with van der Waals surface area (Å²) < 4.78 is 0.788. The molecule has 0 radical (unpaired) electrons. The number of hydrogen-bond donors (Lipinski definition) is 1. The van der Waals surface area contributed by atoms with Crippen molar-refractivity contribution in [1.29, 1.82) is 0 Å². The van der Waals surface area contributed by atoms with Gasteiger partial charge < -0.3 is 10.6 Å². The first-order valence-electron chi connectivity index (χ1n) is 7.20. The van der Waals surface area contributed by atoms with E-state index in [2.05, 4.69) is 20.8 Å². The third-order valence-corrected chi connectivity index (χ3v) is 4.81. The summed E-state index contributed by atoms with van der Waals surface area (Å²) in [4.78, 5) is 16.9. The monoisotopic (exact) mass is 337 g/mol. The summed E-state index contributed by atoms with van der Waals surface area (Å²) in [6, 6.07) is 5.40. The minimum Gasteiger partial charge on any atom is -0.398 e. The number of nitrogens with zero attached hydrogens (tertiary/aromatic N) is 2. The lowest BCUT2D eigenvalue weighted by Gasteiger charge is -2.34. The van der Waals surface area contributed by atoms with Gasteiger partial charge in [0.1, 0.15) is 0 Å². The van der Waals surface area contributed by atoms with Crippen LogP contribution in [0.15, 0.2) is 22.7 Å². The average molecular weight is 338 g/mol. The predicted molar refractivity (Wildman–Crippen MR) is 83.6 cm³/mol. The highest BCUT2D eigenvalue weighted by molar-refractivity contribution is 9.10. The maximum absolute atomic E-state index is 12.5. The number of halogens is 1. The number of nitrogens with two attached hydrogens (primary N) is 1. The Labute approximate surface area is 128 Å². The first-order chi connectivity index (χ1) is 9.63. The van der Waals surface area contributed by atoms with Crippen LogP contribution in [-0.2, 0) is 0 Å². The lowest BCUT2D eigenvalue weighted by Crippen LogP contribution is -2.49. The molecule has 20 heavy (non-hydrogen) atoms. The summed E-state index contributed by atoms with van der Waals surface area (Å²) in [6.45, 7) is 4.87. The molecule has 0 bridgehead atoms. The van der Waals surface area contributed by atoms with E-state index in [0.717, 1.165) is 36.6 Å². The second kappa shape index (κ2) is 5.74. The minimum atomic E-state index is 0.108. The van der Waals surface area contributed by atoms with Crippen molar-refractivity contribution in [2.45, 2.75) is 12.8 Å². The molecule has 2 N–H and O–H groups in total. The van der Waals surface area contributed by atoms with Gasteiger partial charge in [-0.05, 0) is 52.9 Å². The molecule has 4 nitrogen and oxygen atoms in total. The second-order valence-electron chi connectivity index (χ2n) is 5.77. The van der Waals surface area contributed by atoms with Gasteiger partial charge in [-0.1, -0.05) is 0 Å². The second-order valence-corrected chi connectivity index (χ2v) is 6.63. The molecular weight excluding hydrogens is 318 g/mol. The van der Waals surface area contributed by atoms with Crippen LogP contribution in [0.25, 0.3) is 0 Å². The highest BCUT2D eigenvalue weighted by Crippen LogP contribution is 2.30. The van der Waals surface area contributed by atoms with Crippen molar-refractivity contribution in [2.75, 3.05) is 38.5 Å². The Balaban J connectivity index is 1.58. The molecule has 1 saturated heterocycles. The number of rotatable bonds is 3. The van der Waals surface area contributed by atoms with Crippen molar-refractivity contribution in [1.82, 2.24) is 9.80 Å². The van der Waals surface area contributed by atoms with E-state index >= 15 is 0 Å². The van der Waals surface area contributed by atoms with E-state index in [1.54, 1.807) is 12.1 Å². The zero-order valence-electron chi connectivity index (χ0n) is 11.5. The van der Waals surface area contributed by atoms with Crippen molar-refractivity contribution in [3.63, 3.8) is 0 Å². The van der Waals surface area contributed by atoms with Crippen LogP contribution in [0.1, 0.15) is 23.2 Å². The molecule has 1 saturated carbocycles. The smallest absolute Gasteiger partial charge is 0.253 e. The van der Waals surface area contributed by atoms with Crippen LogP contribution in [0.5, 0.6) is 0 Å². The fraction of sp³-hybridized carbons (Fsp3) is 0.533. The van der Waals surface area contributed by atoms with Gasteiger partial charge >= 0.3 is 0 Å². The molecule has 2 fully saturated rings. The quantitative estimate of drug-likeness (QED) is 0.860. The van der Waals surface area contributed by atoms with Crippen molar-refractivity contribution < 1.29 is 4.79 Å². The number of carbonyl (C=O) groups is 1. The number of nitrogen functional groups attached to an aromatic ring is 1. The standard InChI is InChI=1S/C15H20BrN3O/c16-13-9-12(3-4-14(13)17)15(20)19-7-5-18(6-8-19)10-11-1-2-11/h3-4,9,11H,1-2,5-8,10,17H2. The van der Waals surface area contributed by atoms with Gasteiger partial charge in [0.2, 0.25) is 0 Å². The molecule has 1 aliphatic heterocycles. The van der Waals surface area contributed by atoms with Crippen molar-refractivity contribution >= 4 is 27.5 Å². The third-order valence-electron chi connectivity index (χ3n) is 4.12. The molecule has 1 aromatic carbocycles. The van der Waals surface area contributed by atoms with Gasteiger partial charge in [-0.2, -0.15) is 0 Å². The van der Waals surface area contributed by atoms with Gasteiger partial charge in [0.25, 0.3) is 5.91 Å². The van der Waals surface area contributed by atoms with E-state index in [1.165, 1.54) is 19.4 Å². The number of hydrogen-bond acceptors (Lipinski definition) is 3. The largest absolute Gasteiger partial charge is 0.398 e. The van der Waals surface area contributed by atoms with E-state index in [4.69, 9.17) is 5.73 Å².